The van der Waals surface area contributed by atoms with Crippen LogP contribution in [0.15, 0.2) is 24.8 Å². The van der Waals surface area contributed by atoms with Crippen LogP contribution in [0.25, 0.3) is 0 Å². The second-order valence-corrected chi connectivity index (χ2v) is 3.68. The van der Waals surface area contributed by atoms with Gasteiger partial charge in [-0.25, -0.2) is 4.79 Å². The average molecular weight is 196 g/mol. The van der Waals surface area contributed by atoms with Crippen LogP contribution in [0.3, 0.4) is 0 Å². The van der Waals surface area contributed by atoms with E-state index in [1.165, 1.54) is 0 Å². The lowest BCUT2D eigenvalue weighted by atomic mass is 10.00. The number of rotatable bonds is 4. The fourth-order valence-electron chi connectivity index (χ4n) is 1.43. The molecule has 78 valence electrons. The van der Waals surface area contributed by atoms with Crippen molar-refractivity contribution in [1.29, 1.82) is 0 Å². The van der Waals surface area contributed by atoms with Crippen molar-refractivity contribution in [3.63, 3.8) is 0 Å². The maximum Gasteiger partial charge on any atom is 0.336 e. The summed E-state index contributed by atoms with van der Waals surface area (Å²) in [5.41, 5.74) is 0.408. The van der Waals surface area contributed by atoms with Crippen molar-refractivity contribution in [3.8, 4) is 0 Å². The third-order valence-electron chi connectivity index (χ3n) is 2.20. The molecule has 0 amide bonds. The van der Waals surface area contributed by atoms with Gasteiger partial charge in [0.2, 0.25) is 0 Å². The number of hydrogen-bond acceptors (Lipinski definition) is 3. The standard InChI is InChI=1S/C11H16O3/c1-5-6-13-10-8(4)11(12)14-9(10)7(2)3/h5,7,9-10H,1,4,6H2,2-3H3/t9-,10?/m1/s1. The summed E-state index contributed by atoms with van der Waals surface area (Å²) in [6, 6.07) is 0. The minimum Gasteiger partial charge on any atom is -0.456 e. The Morgan fingerprint density at radius 1 is 1.64 bits per heavy atom. The highest BCUT2D eigenvalue weighted by Crippen LogP contribution is 2.27. The van der Waals surface area contributed by atoms with E-state index in [4.69, 9.17) is 9.47 Å². The second kappa shape index (κ2) is 4.42. The predicted molar refractivity (Wildman–Crippen MR) is 53.8 cm³/mol. The van der Waals surface area contributed by atoms with Gasteiger partial charge in [-0.2, -0.15) is 0 Å². The van der Waals surface area contributed by atoms with Gasteiger partial charge in [-0.1, -0.05) is 26.5 Å². The highest BCUT2D eigenvalue weighted by Gasteiger charge is 2.40. The average Bonchev–Trinajstić information content (AvgIpc) is 2.41. The first kappa shape index (κ1) is 11.0. The molecule has 14 heavy (non-hydrogen) atoms. The summed E-state index contributed by atoms with van der Waals surface area (Å²) in [4.78, 5) is 11.2. The fraction of sp³-hybridized carbons (Fsp3) is 0.545. The molecule has 0 saturated carbocycles. The van der Waals surface area contributed by atoms with Crippen LogP contribution in [-0.4, -0.2) is 24.8 Å². The van der Waals surface area contributed by atoms with Crippen LogP contribution in [0.4, 0.5) is 0 Å². The van der Waals surface area contributed by atoms with Gasteiger partial charge in [0, 0.05) is 0 Å². The van der Waals surface area contributed by atoms with Gasteiger partial charge in [-0.3, -0.25) is 0 Å². The van der Waals surface area contributed by atoms with Crippen molar-refractivity contribution in [1.82, 2.24) is 0 Å². The lowest BCUT2D eigenvalue weighted by Crippen LogP contribution is -2.30. The number of cyclic esters (lactones) is 1. The molecule has 1 fully saturated rings. The zero-order valence-corrected chi connectivity index (χ0v) is 8.66. The van der Waals surface area contributed by atoms with Gasteiger partial charge in [-0.05, 0) is 5.92 Å². The molecule has 0 bridgehead atoms. The predicted octanol–water partition coefficient (Wildman–Crippen LogP) is 1.70. The number of ether oxygens (including phenoxy) is 2. The van der Waals surface area contributed by atoms with Gasteiger partial charge in [0.1, 0.15) is 12.2 Å². The molecule has 1 rings (SSSR count). The molecule has 3 nitrogen and oxygen atoms in total. The topological polar surface area (TPSA) is 35.5 Å². The van der Waals surface area contributed by atoms with Crippen molar-refractivity contribution in [2.45, 2.75) is 26.1 Å². The fourth-order valence-corrected chi connectivity index (χ4v) is 1.43. The number of carbonyl (C=O) groups is 1. The van der Waals surface area contributed by atoms with E-state index in [0.29, 0.717) is 12.2 Å². The van der Waals surface area contributed by atoms with E-state index in [-0.39, 0.29) is 24.1 Å². The Morgan fingerprint density at radius 3 is 2.79 bits per heavy atom. The summed E-state index contributed by atoms with van der Waals surface area (Å²) >= 11 is 0. The van der Waals surface area contributed by atoms with Crippen LogP contribution >= 0.6 is 0 Å². The van der Waals surface area contributed by atoms with E-state index in [9.17, 15) is 4.79 Å². The van der Waals surface area contributed by atoms with E-state index >= 15 is 0 Å². The van der Waals surface area contributed by atoms with Crippen LogP contribution in [0.5, 0.6) is 0 Å². The first-order valence-electron chi connectivity index (χ1n) is 4.70. The number of esters is 1. The zero-order chi connectivity index (χ0) is 10.7. The van der Waals surface area contributed by atoms with Crippen molar-refractivity contribution >= 4 is 5.97 Å². The zero-order valence-electron chi connectivity index (χ0n) is 8.66. The molecule has 0 spiro atoms. The van der Waals surface area contributed by atoms with Crippen LogP contribution in [0.2, 0.25) is 0 Å². The molecule has 0 aliphatic carbocycles. The summed E-state index contributed by atoms with van der Waals surface area (Å²) in [6.07, 6.45) is 1.11. The highest BCUT2D eigenvalue weighted by molar-refractivity contribution is 5.91. The van der Waals surface area contributed by atoms with Gasteiger partial charge in [-0.15, -0.1) is 6.58 Å². The van der Waals surface area contributed by atoms with E-state index in [2.05, 4.69) is 13.2 Å². The monoisotopic (exact) mass is 196 g/mol. The van der Waals surface area contributed by atoms with Crippen LogP contribution < -0.4 is 0 Å². The van der Waals surface area contributed by atoms with E-state index < -0.39 is 0 Å². The molecule has 0 aromatic rings. The van der Waals surface area contributed by atoms with Crippen LogP contribution in [-0.2, 0) is 14.3 Å². The summed E-state index contributed by atoms with van der Waals surface area (Å²) in [7, 11) is 0. The normalized spacial score (nSPS) is 26.8. The minimum absolute atomic E-state index is 0.213. The van der Waals surface area contributed by atoms with Gasteiger partial charge < -0.3 is 9.47 Å². The molecule has 0 N–H and O–H groups in total. The SMILES string of the molecule is C=CCOC1C(=C)C(=O)O[C@@H]1C(C)C. The second-order valence-electron chi connectivity index (χ2n) is 3.68. The van der Waals surface area contributed by atoms with Gasteiger partial charge in [0.05, 0.1) is 12.2 Å². The smallest absolute Gasteiger partial charge is 0.336 e. The van der Waals surface area contributed by atoms with Crippen molar-refractivity contribution in [2.75, 3.05) is 6.61 Å². The first-order chi connectivity index (χ1) is 6.57. The quantitative estimate of drug-likeness (QED) is 0.390. The molecule has 2 atom stereocenters. The summed E-state index contributed by atoms with van der Waals surface area (Å²) in [5.74, 6) is -0.120. The largest absolute Gasteiger partial charge is 0.456 e. The first-order valence-corrected chi connectivity index (χ1v) is 4.70. The Labute approximate surface area is 84.4 Å². The van der Waals surface area contributed by atoms with E-state index in [0.717, 1.165) is 0 Å². The van der Waals surface area contributed by atoms with Crippen molar-refractivity contribution in [3.05, 3.63) is 24.8 Å². The van der Waals surface area contributed by atoms with E-state index in [1.54, 1.807) is 6.08 Å². The Bertz CT molecular complexity index is 255. The molecular formula is C11H16O3. The molecule has 1 aliphatic rings. The Kier molecular flexibility index (Phi) is 3.47. The maximum absolute atomic E-state index is 11.2. The van der Waals surface area contributed by atoms with Crippen molar-refractivity contribution in [2.24, 2.45) is 5.92 Å². The lowest BCUT2D eigenvalue weighted by Gasteiger charge is -2.20. The van der Waals surface area contributed by atoms with E-state index in [1.807, 2.05) is 13.8 Å². The van der Waals surface area contributed by atoms with Crippen molar-refractivity contribution < 1.29 is 14.3 Å². The summed E-state index contributed by atoms with van der Waals surface area (Å²) < 4.78 is 10.6. The van der Waals surface area contributed by atoms with Gasteiger partial charge >= 0.3 is 5.97 Å². The third-order valence-corrected chi connectivity index (χ3v) is 2.20. The third kappa shape index (κ3) is 2.04. The molecule has 1 heterocycles. The molecule has 0 aromatic carbocycles. The summed E-state index contributed by atoms with van der Waals surface area (Å²) in [6.45, 7) is 11.6. The number of hydrogen-bond donors (Lipinski definition) is 0. The van der Waals surface area contributed by atoms with Gasteiger partial charge in [0.15, 0.2) is 0 Å². The lowest BCUT2D eigenvalue weighted by molar-refractivity contribution is -0.142. The Morgan fingerprint density at radius 2 is 2.29 bits per heavy atom. The van der Waals surface area contributed by atoms with Gasteiger partial charge in [0.25, 0.3) is 0 Å². The summed E-state index contributed by atoms with van der Waals surface area (Å²) in [5, 5.41) is 0. The Balaban J connectivity index is 2.70. The molecule has 1 unspecified atom stereocenters. The highest BCUT2D eigenvalue weighted by atomic mass is 16.6. The molecule has 1 saturated heterocycles. The number of carbonyl (C=O) groups excluding carboxylic acids is 1. The molecule has 0 radical (unpaired) electrons. The minimum atomic E-state index is -0.349. The Hall–Kier alpha value is -1.09. The maximum atomic E-state index is 11.2. The molecule has 3 heteroatoms. The molecule has 1 aliphatic heterocycles. The molecular weight excluding hydrogens is 180 g/mol. The van der Waals surface area contributed by atoms with Crippen LogP contribution in [0, 0.1) is 5.92 Å². The van der Waals surface area contributed by atoms with Crippen LogP contribution in [0.1, 0.15) is 13.8 Å². The molecule has 0 aromatic heterocycles.